The van der Waals surface area contributed by atoms with Crippen LogP contribution in [0.25, 0.3) is 0 Å². The number of anilines is 1. The number of aryl methyl sites for hydroxylation is 2. The van der Waals surface area contributed by atoms with E-state index in [4.69, 9.17) is 0 Å². The topological polar surface area (TPSA) is 75.2 Å². The number of ketones is 1. The highest BCUT2D eigenvalue weighted by molar-refractivity contribution is 5.94. The van der Waals surface area contributed by atoms with Crippen LogP contribution in [0.3, 0.4) is 0 Å². The minimum absolute atomic E-state index is 0.0620. The molecule has 1 amide bonds. The van der Waals surface area contributed by atoms with Gasteiger partial charge in [-0.2, -0.15) is 0 Å². The number of rotatable bonds is 7. The van der Waals surface area contributed by atoms with E-state index in [1.807, 2.05) is 51.7 Å². The lowest BCUT2D eigenvalue weighted by Crippen LogP contribution is -2.40. The predicted molar refractivity (Wildman–Crippen MR) is 124 cm³/mol. The molecule has 1 unspecified atom stereocenters. The Morgan fingerprint density at radius 2 is 1.79 bits per heavy atom. The molecule has 1 saturated heterocycles. The number of piperidine rings is 1. The number of pyridine rings is 2. The van der Waals surface area contributed by atoms with E-state index in [-0.39, 0.29) is 56.0 Å². The largest absolute Gasteiger partial charge is 0.356 e. The van der Waals surface area contributed by atoms with Gasteiger partial charge in [-0.05, 0) is 50.1 Å². The van der Waals surface area contributed by atoms with Crippen LogP contribution in [0.15, 0.2) is 24.4 Å². The molecule has 2 aromatic rings. The standard InChI is InChI=1S/C25H32F2N4O2/c1-15(2)22(32)13-21-12-19(11-17(4)29-21)18(5)30-24(33)20-10-16(3)23(28-14-20)31-8-6-25(26,27)7-9-31/h10-12,14-15,18H,6-9,13H2,1-5H3,(H,30,33). The second-order valence-corrected chi connectivity index (χ2v) is 9.23. The molecule has 1 atom stereocenters. The molecule has 0 aliphatic carbocycles. The number of hydrogen-bond donors (Lipinski definition) is 1. The molecule has 0 aromatic carbocycles. The summed E-state index contributed by atoms with van der Waals surface area (Å²) in [5.74, 6) is -2.19. The van der Waals surface area contributed by atoms with Crippen molar-refractivity contribution >= 4 is 17.5 Å². The fraction of sp³-hybridized carbons (Fsp3) is 0.520. The minimum Gasteiger partial charge on any atom is -0.356 e. The van der Waals surface area contributed by atoms with Crippen molar-refractivity contribution in [2.45, 2.75) is 65.8 Å². The summed E-state index contributed by atoms with van der Waals surface area (Å²) in [7, 11) is 0. The Morgan fingerprint density at radius 1 is 1.12 bits per heavy atom. The summed E-state index contributed by atoms with van der Waals surface area (Å²) in [6.07, 6.45) is 1.37. The molecular weight excluding hydrogens is 426 g/mol. The quantitative estimate of drug-likeness (QED) is 0.657. The third-order valence-corrected chi connectivity index (χ3v) is 5.98. The first-order valence-corrected chi connectivity index (χ1v) is 11.4. The molecule has 6 nitrogen and oxygen atoms in total. The van der Waals surface area contributed by atoms with Gasteiger partial charge in [0.2, 0.25) is 0 Å². The van der Waals surface area contributed by atoms with Crippen LogP contribution in [-0.2, 0) is 11.2 Å². The zero-order chi connectivity index (χ0) is 24.3. The Bertz CT molecular complexity index is 1030. The van der Waals surface area contributed by atoms with Gasteiger partial charge in [-0.15, -0.1) is 0 Å². The Morgan fingerprint density at radius 3 is 2.39 bits per heavy atom. The van der Waals surface area contributed by atoms with Crippen molar-refractivity contribution in [1.29, 1.82) is 0 Å². The molecule has 2 aromatic heterocycles. The number of halogens is 2. The first-order chi connectivity index (χ1) is 15.4. The van der Waals surface area contributed by atoms with Crippen molar-refractivity contribution in [1.82, 2.24) is 15.3 Å². The van der Waals surface area contributed by atoms with E-state index in [9.17, 15) is 18.4 Å². The summed E-state index contributed by atoms with van der Waals surface area (Å²) < 4.78 is 26.9. The van der Waals surface area contributed by atoms with Gasteiger partial charge in [0.15, 0.2) is 0 Å². The van der Waals surface area contributed by atoms with E-state index in [1.54, 1.807) is 6.07 Å². The van der Waals surface area contributed by atoms with Gasteiger partial charge < -0.3 is 10.2 Å². The van der Waals surface area contributed by atoms with Crippen molar-refractivity contribution < 1.29 is 18.4 Å². The number of carbonyl (C=O) groups is 2. The van der Waals surface area contributed by atoms with E-state index >= 15 is 0 Å². The van der Waals surface area contributed by atoms with Crippen LogP contribution in [0.5, 0.6) is 0 Å². The molecule has 0 spiro atoms. The van der Waals surface area contributed by atoms with Crippen molar-refractivity contribution in [3.8, 4) is 0 Å². The van der Waals surface area contributed by atoms with Crippen LogP contribution in [-0.4, -0.2) is 40.7 Å². The molecule has 0 bridgehead atoms. The molecule has 1 fully saturated rings. The summed E-state index contributed by atoms with van der Waals surface area (Å²) in [4.78, 5) is 35.7. The maximum atomic E-state index is 13.5. The molecule has 8 heteroatoms. The maximum absolute atomic E-state index is 13.5. The van der Waals surface area contributed by atoms with E-state index in [2.05, 4.69) is 15.3 Å². The molecule has 1 N–H and O–H groups in total. The van der Waals surface area contributed by atoms with Crippen LogP contribution < -0.4 is 10.2 Å². The Kier molecular flexibility index (Phi) is 7.44. The second kappa shape index (κ2) is 9.93. The average Bonchev–Trinajstić information content (AvgIpc) is 2.73. The Hall–Kier alpha value is -2.90. The van der Waals surface area contributed by atoms with Gasteiger partial charge in [-0.1, -0.05) is 13.8 Å². The van der Waals surface area contributed by atoms with Gasteiger partial charge in [0, 0.05) is 55.9 Å². The maximum Gasteiger partial charge on any atom is 0.253 e. The molecule has 1 aliphatic heterocycles. The monoisotopic (exact) mass is 458 g/mol. The summed E-state index contributed by atoms with van der Waals surface area (Å²) in [5, 5.41) is 2.98. The highest BCUT2D eigenvalue weighted by atomic mass is 19.3. The van der Waals surface area contributed by atoms with Gasteiger partial charge in [-0.25, -0.2) is 13.8 Å². The highest BCUT2D eigenvalue weighted by Crippen LogP contribution is 2.31. The second-order valence-electron chi connectivity index (χ2n) is 9.23. The van der Waals surface area contributed by atoms with Crippen molar-refractivity contribution in [3.63, 3.8) is 0 Å². The predicted octanol–water partition coefficient (Wildman–Crippen LogP) is 4.59. The van der Waals surface area contributed by atoms with Gasteiger partial charge in [0.05, 0.1) is 11.6 Å². The van der Waals surface area contributed by atoms with E-state index in [0.717, 1.165) is 16.8 Å². The smallest absolute Gasteiger partial charge is 0.253 e. The number of nitrogens with one attached hydrogen (secondary N) is 1. The van der Waals surface area contributed by atoms with Crippen molar-refractivity contribution in [3.05, 3.63) is 52.5 Å². The highest BCUT2D eigenvalue weighted by Gasteiger charge is 2.34. The van der Waals surface area contributed by atoms with Gasteiger partial charge in [-0.3, -0.25) is 14.6 Å². The molecule has 3 rings (SSSR count). The van der Waals surface area contributed by atoms with Crippen LogP contribution >= 0.6 is 0 Å². The molecule has 3 heterocycles. The summed E-state index contributed by atoms with van der Waals surface area (Å²) >= 11 is 0. The Balaban J connectivity index is 1.69. The zero-order valence-electron chi connectivity index (χ0n) is 19.9. The van der Waals surface area contributed by atoms with Gasteiger partial charge >= 0.3 is 0 Å². The number of hydrogen-bond acceptors (Lipinski definition) is 5. The fourth-order valence-electron chi connectivity index (χ4n) is 3.92. The number of carbonyl (C=O) groups excluding carboxylic acids is 2. The molecule has 0 radical (unpaired) electrons. The number of nitrogens with zero attached hydrogens (tertiary/aromatic N) is 3. The zero-order valence-corrected chi connectivity index (χ0v) is 19.9. The van der Waals surface area contributed by atoms with Crippen LogP contribution in [0.4, 0.5) is 14.6 Å². The first-order valence-electron chi connectivity index (χ1n) is 11.4. The van der Waals surface area contributed by atoms with E-state index < -0.39 is 5.92 Å². The number of amides is 1. The SMILES string of the molecule is Cc1cc(C(C)NC(=O)c2cnc(N3CCC(F)(F)CC3)c(C)c2)cc(CC(=O)C(C)C)n1. The minimum atomic E-state index is -2.62. The third kappa shape index (κ3) is 6.33. The fourth-order valence-corrected chi connectivity index (χ4v) is 3.92. The lowest BCUT2D eigenvalue weighted by atomic mass is 10.0. The average molecular weight is 459 g/mol. The van der Waals surface area contributed by atoms with Gasteiger partial charge in [0.25, 0.3) is 11.8 Å². The van der Waals surface area contributed by atoms with E-state index in [0.29, 0.717) is 17.1 Å². The molecule has 1 aliphatic rings. The van der Waals surface area contributed by atoms with Crippen molar-refractivity contribution in [2.24, 2.45) is 5.92 Å². The lowest BCUT2D eigenvalue weighted by Gasteiger charge is -2.33. The normalized spacial score (nSPS) is 16.5. The van der Waals surface area contributed by atoms with Crippen LogP contribution in [0.1, 0.15) is 72.5 Å². The number of aromatic nitrogens is 2. The summed E-state index contributed by atoms with van der Waals surface area (Å²) in [5.41, 5.74) is 3.53. The van der Waals surface area contributed by atoms with Gasteiger partial charge in [0.1, 0.15) is 11.6 Å². The molecule has 33 heavy (non-hydrogen) atoms. The van der Waals surface area contributed by atoms with Crippen LogP contribution in [0, 0.1) is 19.8 Å². The molecule has 178 valence electrons. The third-order valence-electron chi connectivity index (χ3n) is 5.98. The van der Waals surface area contributed by atoms with E-state index in [1.165, 1.54) is 6.20 Å². The van der Waals surface area contributed by atoms with Crippen molar-refractivity contribution in [2.75, 3.05) is 18.0 Å². The lowest BCUT2D eigenvalue weighted by molar-refractivity contribution is -0.121. The number of alkyl halides is 2. The first kappa shape index (κ1) is 24.7. The molecular formula is C25H32F2N4O2. The summed E-state index contributed by atoms with van der Waals surface area (Å²) in [6.45, 7) is 9.79. The molecule has 0 saturated carbocycles. The number of Topliss-reactive ketones (excluding diaryl/α,β-unsaturated/α-hetero) is 1. The Labute approximate surface area is 193 Å². The van der Waals surface area contributed by atoms with Crippen LogP contribution in [0.2, 0.25) is 0 Å². The summed E-state index contributed by atoms with van der Waals surface area (Å²) in [6, 6.07) is 5.20.